The van der Waals surface area contributed by atoms with Crippen LogP contribution in [-0.2, 0) is 14.1 Å². The van der Waals surface area contributed by atoms with Gasteiger partial charge in [-0.1, -0.05) is 6.42 Å². The average molecular weight is 355 g/mol. The number of aliphatic carboxylic acids is 1. The lowest BCUT2D eigenvalue weighted by Crippen LogP contribution is -2.50. The van der Waals surface area contributed by atoms with Gasteiger partial charge in [0, 0.05) is 5.54 Å². The molecule has 2 fully saturated rings. The van der Waals surface area contributed by atoms with Crippen LogP contribution in [0, 0.1) is 5.92 Å². The standard InChI is InChI=1S/C17H30BNO6/c1-15(2)10-11(12(13(20)21)19(15)14(22)23)8-7-9-18-24-16(3,4)17(5,6)25-18/h11-12H,7-10H2,1-6H3,(H,20,21)(H,22,23). The molecule has 0 aromatic rings. The molecule has 0 aromatic carbocycles. The number of likely N-dealkylation sites (tertiary alicyclic amines) is 1. The smallest absolute Gasteiger partial charge is 0.457 e. The summed E-state index contributed by atoms with van der Waals surface area (Å²) in [6.07, 6.45) is 1.40. The SMILES string of the molecule is CC1(C)CC(CCCB2OC(C)(C)C(C)(C)O2)C(C(=O)O)N1C(=O)O. The minimum atomic E-state index is -1.18. The summed E-state index contributed by atoms with van der Waals surface area (Å²) >= 11 is 0. The highest BCUT2D eigenvalue weighted by Crippen LogP contribution is 2.42. The Morgan fingerprint density at radius 3 is 2.04 bits per heavy atom. The highest BCUT2D eigenvalue weighted by Gasteiger charge is 2.53. The van der Waals surface area contributed by atoms with Crippen molar-refractivity contribution >= 4 is 19.2 Å². The van der Waals surface area contributed by atoms with Crippen LogP contribution < -0.4 is 0 Å². The highest BCUT2D eigenvalue weighted by molar-refractivity contribution is 6.45. The molecule has 0 saturated carbocycles. The van der Waals surface area contributed by atoms with Gasteiger partial charge in [-0.15, -0.1) is 0 Å². The Kier molecular flexibility index (Phi) is 5.18. The van der Waals surface area contributed by atoms with E-state index >= 15 is 0 Å². The van der Waals surface area contributed by atoms with Crippen molar-refractivity contribution in [3.8, 4) is 0 Å². The molecule has 0 bridgehead atoms. The van der Waals surface area contributed by atoms with Crippen LogP contribution in [0.5, 0.6) is 0 Å². The average Bonchev–Trinajstić information content (AvgIpc) is 2.79. The Balaban J connectivity index is 1.97. The van der Waals surface area contributed by atoms with Crippen molar-refractivity contribution in [2.75, 3.05) is 0 Å². The lowest BCUT2D eigenvalue weighted by molar-refractivity contribution is -0.143. The molecule has 2 aliphatic rings. The normalized spacial score (nSPS) is 29.8. The summed E-state index contributed by atoms with van der Waals surface area (Å²) in [6, 6.07) is -0.995. The maximum Gasteiger partial charge on any atom is 0.457 e. The summed E-state index contributed by atoms with van der Waals surface area (Å²) in [5, 5.41) is 19.0. The molecule has 2 aliphatic heterocycles. The highest BCUT2D eigenvalue weighted by atomic mass is 16.7. The number of hydrogen-bond donors (Lipinski definition) is 2. The summed E-state index contributed by atoms with van der Waals surface area (Å²) in [5.74, 6) is -1.28. The molecule has 8 heteroatoms. The molecule has 0 spiro atoms. The molecule has 7 nitrogen and oxygen atoms in total. The third-order valence-electron chi connectivity index (χ3n) is 5.91. The van der Waals surface area contributed by atoms with Gasteiger partial charge >= 0.3 is 19.2 Å². The number of hydrogen-bond acceptors (Lipinski definition) is 4. The molecule has 142 valence electrons. The van der Waals surface area contributed by atoms with E-state index in [9.17, 15) is 19.8 Å². The molecule has 2 heterocycles. The van der Waals surface area contributed by atoms with Crippen LogP contribution in [0.2, 0.25) is 6.32 Å². The van der Waals surface area contributed by atoms with Crippen LogP contribution in [0.1, 0.15) is 60.8 Å². The van der Waals surface area contributed by atoms with Crippen LogP contribution >= 0.6 is 0 Å². The summed E-state index contributed by atoms with van der Waals surface area (Å²) in [5.41, 5.74) is -1.43. The van der Waals surface area contributed by atoms with Crippen LogP contribution in [0.3, 0.4) is 0 Å². The summed E-state index contributed by atoms with van der Waals surface area (Å²) in [7, 11) is -0.307. The third kappa shape index (κ3) is 3.79. The topological polar surface area (TPSA) is 96.3 Å². The van der Waals surface area contributed by atoms with Gasteiger partial charge in [-0.25, -0.2) is 9.59 Å². The lowest BCUT2D eigenvalue weighted by Gasteiger charge is -2.32. The van der Waals surface area contributed by atoms with Gasteiger partial charge in [0.05, 0.1) is 11.2 Å². The quantitative estimate of drug-likeness (QED) is 0.736. The largest absolute Gasteiger partial charge is 0.480 e. The van der Waals surface area contributed by atoms with Crippen molar-refractivity contribution in [3.63, 3.8) is 0 Å². The summed E-state index contributed by atoms with van der Waals surface area (Å²) in [4.78, 5) is 24.3. The molecule has 2 unspecified atom stereocenters. The fourth-order valence-electron chi connectivity index (χ4n) is 4.02. The van der Waals surface area contributed by atoms with Crippen LogP contribution in [-0.4, -0.2) is 57.1 Å². The number of nitrogens with zero attached hydrogens (tertiary/aromatic N) is 1. The molecule has 2 rings (SSSR count). The van der Waals surface area contributed by atoms with Gasteiger partial charge in [0.2, 0.25) is 0 Å². The first-order chi connectivity index (χ1) is 11.3. The second-order valence-electron chi connectivity index (χ2n) is 8.83. The first-order valence-electron chi connectivity index (χ1n) is 8.89. The molecule has 2 saturated heterocycles. The number of rotatable bonds is 5. The van der Waals surface area contributed by atoms with Crippen molar-refractivity contribution in [1.82, 2.24) is 4.90 Å². The van der Waals surface area contributed by atoms with Crippen molar-refractivity contribution in [3.05, 3.63) is 0 Å². The fourth-order valence-corrected chi connectivity index (χ4v) is 4.02. The molecule has 25 heavy (non-hydrogen) atoms. The minimum absolute atomic E-state index is 0.203. The van der Waals surface area contributed by atoms with Crippen LogP contribution in [0.15, 0.2) is 0 Å². The second-order valence-corrected chi connectivity index (χ2v) is 8.83. The van der Waals surface area contributed by atoms with E-state index in [0.29, 0.717) is 19.2 Å². The predicted octanol–water partition coefficient (Wildman–Crippen LogP) is 3.09. The molecule has 0 radical (unpaired) electrons. The van der Waals surface area contributed by atoms with Gasteiger partial charge in [0.25, 0.3) is 0 Å². The van der Waals surface area contributed by atoms with Crippen molar-refractivity contribution in [2.45, 2.75) is 89.9 Å². The van der Waals surface area contributed by atoms with Crippen molar-refractivity contribution in [2.24, 2.45) is 5.92 Å². The minimum Gasteiger partial charge on any atom is -0.480 e. The zero-order chi connectivity index (χ0) is 19.2. The lowest BCUT2D eigenvalue weighted by atomic mass is 9.79. The van der Waals surface area contributed by atoms with Gasteiger partial charge < -0.3 is 19.5 Å². The molecular weight excluding hydrogens is 325 g/mol. The molecule has 0 aliphatic carbocycles. The molecule has 2 N–H and O–H groups in total. The first kappa shape index (κ1) is 20.0. The van der Waals surface area contributed by atoms with E-state index in [0.717, 1.165) is 11.3 Å². The summed E-state index contributed by atoms with van der Waals surface area (Å²) in [6.45, 7) is 11.6. The molecule has 2 atom stereocenters. The van der Waals surface area contributed by atoms with Gasteiger partial charge in [0.15, 0.2) is 0 Å². The van der Waals surface area contributed by atoms with E-state index in [1.54, 1.807) is 13.8 Å². The molecule has 1 amide bonds. The zero-order valence-corrected chi connectivity index (χ0v) is 16.0. The van der Waals surface area contributed by atoms with E-state index in [4.69, 9.17) is 9.31 Å². The Bertz CT molecular complexity index is 531. The fraction of sp³-hybridized carbons (Fsp3) is 0.882. The maximum atomic E-state index is 11.6. The van der Waals surface area contributed by atoms with E-state index < -0.39 is 23.6 Å². The predicted molar refractivity (Wildman–Crippen MR) is 93.6 cm³/mol. The molecule has 0 aromatic heterocycles. The Morgan fingerprint density at radius 1 is 1.08 bits per heavy atom. The van der Waals surface area contributed by atoms with Crippen molar-refractivity contribution in [1.29, 1.82) is 0 Å². The van der Waals surface area contributed by atoms with Crippen LogP contribution in [0.4, 0.5) is 4.79 Å². The van der Waals surface area contributed by atoms with Gasteiger partial charge in [-0.3, -0.25) is 4.90 Å². The van der Waals surface area contributed by atoms with Crippen molar-refractivity contribution < 1.29 is 29.1 Å². The number of amides is 1. The Morgan fingerprint density at radius 2 is 1.60 bits per heavy atom. The Hall–Kier alpha value is -1.28. The Labute approximate surface area is 149 Å². The van der Waals surface area contributed by atoms with E-state index in [-0.39, 0.29) is 24.2 Å². The third-order valence-corrected chi connectivity index (χ3v) is 5.91. The number of carboxylic acids is 1. The number of carboxylic acid groups (broad SMARTS) is 2. The van der Waals surface area contributed by atoms with E-state index in [1.807, 2.05) is 27.7 Å². The molecular formula is C17H30BNO6. The monoisotopic (exact) mass is 355 g/mol. The van der Waals surface area contributed by atoms with Crippen LogP contribution in [0.25, 0.3) is 0 Å². The number of carbonyl (C=O) groups is 2. The summed E-state index contributed by atoms with van der Waals surface area (Å²) < 4.78 is 11.9. The maximum absolute atomic E-state index is 11.6. The van der Waals surface area contributed by atoms with Gasteiger partial charge in [0.1, 0.15) is 6.04 Å². The second kappa shape index (κ2) is 6.47. The van der Waals surface area contributed by atoms with Gasteiger partial charge in [-0.2, -0.15) is 0 Å². The van der Waals surface area contributed by atoms with Gasteiger partial charge in [-0.05, 0) is 66.6 Å². The zero-order valence-electron chi connectivity index (χ0n) is 16.0. The first-order valence-corrected chi connectivity index (χ1v) is 8.89. The van der Waals surface area contributed by atoms with E-state index in [1.165, 1.54) is 0 Å². The van der Waals surface area contributed by atoms with E-state index in [2.05, 4.69) is 0 Å².